The molecule has 2 rings (SSSR count). The number of pyridine rings is 1. The maximum absolute atomic E-state index is 4.76. The van der Waals surface area contributed by atoms with Gasteiger partial charge in [0.15, 0.2) is 0 Å². The summed E-state index contributed by atoms with van der Waals surface area (Å²) in [6, 6.07) is 5.47. The van der Waals surface area contributed by atoms with Crippen LogP contribution in [0.5, 0.6) is 0 Å². The van der Waals surface area contributed by atoms with Crippen molar-refractivity contribution in [3.63, 3.8) is 0 Å². The molecule has 0 unspecified atom stereocenters. The smallest absolute Gasteiger partial charge is 0.129 e. The summed E-state index contributed by atoms with van der Waals surface area (Å²) in [5.41, 5.74) is 2.45. The SMILES string of the molecule is Cc1cc(CNC(C)C)cc(N(CC2CC2)C(C)C)n1. The summed E-state index contributed by atoms with van der Waals surface area (Å²) in [5, 5.41) is 3.49. The Hall–Kier alpha value is -1.09. The predicted molar refractivity (Wildman–Crippen MR) is 86.2 cm³/mol. The third-order valence-corrected chi connectivity index (χ3v) is 3.78. The van der Waals surface area contributed by atoms with Gasteiger partial charge in [0, 0.05) is 30.9 Å². The summed E-state index contributed by atoms with van der Waals surface area (Å²) >= 11 is 0. The van der Waals surface area contributed by atoms with E-state index in [9.17, 15) is 0 Å². The minimum Gasteiger partial charge on any atom is -0.354 e. The van der Waals surface area contributed by atoms with Gasteiger partial charge in [-0.1, -0.05) is 13.8 Å². The first-order valence-electron chi connectivity index (χ1n) is 7.93. The zero-order chi connectivity index (χ0) is 14.7. The predicted octanol–water partition coefficient (Wildman–Crippen LogP) is 3.51. The Morgan fingerprint density at radius 1 is 1.25 bits per heavy atom. The Balaban J connectivity index is 2.15. The topological polar surface area (TPSA) is 28.2 Å². The fraction of sp³-hybridized carbons (Fsp3) is 0.706. The van der Waals surface area contributed by atoms with Crippen LogP contribution in [0, 0.1) is 12.8 Å². The van der Waals surface area contributed by atoms with E-state index in [1.807, 2.05) is 0 Å². The molecule has 0 aliphatic heterocycles. The first-order valence-corrected chi connectivity index (χ1v) is 7.93. The summed E-state index contributed by atoms with van der Waals surface area (Å²) in [6.07, 6.45) is 2.77. The van der Waals surface area contributed by atoms with Crippen molar-refractivity contribution in [1.29, 1.82) is 0 Å². The molecule has 1 heterocycles. The molecule has 0 bridgehead atoms. The molecular weight excluding hydrogens is 246 g/mol. The van der Waals surface area contributed by atoms with Gasteiger partial charge in [0.05, 0.1) is 0 Å². The van der Waals surface area contributed by atoms with Gasteiger partial charge in [-0.25, -0.2) is 4.98 Å². The lowest BCUT2D eigenvalue weighted by Gasteiger charge is -2.28. The molecule has 1 aromatic heterocycles. The Morgan fingerprint density at radius 3 is 2.50 bits per heavy atom. The van der Waals surface area contributed by atoms with E-state index in [0.717, 1.165) is 30.5 Å². The zero-order valence-corrected chi connectivity index (χ0v) is 13.6. The summed E-state index contributed by atoms with van der Waals surface area (Å²) in [4.78, 5) is 7.22. The number of aryl methyl sites for hydroxylation is 1. The quantitative estimate of drug-likeness (QED) is 0.825. The minimum atomic E-state index is 0.510. The monoisotopic (exact) mass is 275 g/mol. The van der Waals surface area contributed by atoms with Crippen molar-refractivity contribution in [3.8, 4) is 0 Å². The highest BCUT2D eigenvalue weighted by Crippen LogP contribution is 2.32. The van der Waals surface area contributed by atoms with Crippen LogP contribution in [0.1, 0.15) is 51.8 Å². The van der Waals surface area contributed by atoms with Gasteiger partial charge in [0.2, 0.25) is 0 Å². The van der Waals surface area contributed by atoms with Gasteiger partial charge in [-0.05, 0) is 57.2 Å². The van der Waals surface area contributed by atoms with Gasteiger partial charge < -0.3 is 10.2 Å². The van der Waals surface area contributed by atoms with Crippen molar-refractivity contribution >= 4 is 5.82 Å². The van der Waals surface area contributed by atoms with E-state index < -0.39 is 0 Å². The first kappa shape index (κ1) is 15.3. The number of hydrogen-bond donors (Lipinski definition) is 1. The van der Waals surface area contributed by atoms with Crippen molar-refractivity contribution in [2.45, 2.75) is 66.1 Å². The molecule has 0 radical (unpaired) electrons. The molecule has 112 valence electrons. The van der Waals surface area contributed by atoms with Crippen LogP contribution in [0.25, 0.3) is 0 Å². The van der Waals surface area contributed by atoms with E-state index in [0.29, 0.717) is 12.1 Å². The van der Waals surface area contributed by atoms with E-state index in [-0.39, 0.29) is 0 Å². The lowest BCUT2D eigenvalue weighted by atomic mass is 10.2. The van der Waals surface area contributed by atoms with E-state index >= 15 is 0 Å². The highest BCUT2D eigenvalue weighted by molar-refractivity contribution is 5.44. The molecule has 0 amide bonds. The largest absolute Gasteiger partial charge is 0.354 e. The number of nitrogens with zero attached hydrogens (tertiary/aromatic N) is 2. The highest BCUT2D eigenvalue weighted by Gasteiger charge is 2.26. The lowest BCUT2D eigenvalue weighted by Crippen LogP contribution is -2.33. The number of nitrogens with one attached hydrogen (secondary N) is 1. The van der Waals surface area contributed by atoms with Gasteiger partial charge in [-0.15, -0.1) is 0 Å². The van der Waals surface area contributed by atoms with Gasteiger partial charge in [0.1, 0.15) is 5.82 Å². The second-order valence-corrected chi connectivity index (χ2v) is 6.70. The molecule has 1 aliphatic rings. The second kappa shape index (κ2) is 6.57. The number of aromatic nitrogens is 1. The molecule has 1 aromatic rings. The van der Waals surface area contributed by atoms with Crippen LogP contribution in [0.2, 0.25) is 0 Å². The Labute approximate surface area is 123 Å². The molecule has 3 nitrogen and oxygen atoms in total. The standard InChI is InChI=1S/C17H29N3/c1-12(2)18-10-16-8-14(5)19-17(9-16)20(13(3)4)11-15-6-7-15/h8-9,12-13,15,18H,6-7,10-11H2,1-5H3. The molecule has 0 atom stereocenters. The molecule has 20 heavy (non-hydrogen) atoms. The zero-order valence-electron chi connectivity index (χ0n) is 13.6. The highest BCUT2D eigenvalue weighted by atomic mass is 15.2. The maximum Gasteiger partial charge on any atom is 0.129 e. The second-order valence-electron chi connectivity index (χ2n) is 6.70. The fourth-order valence-electron chi connectivity index (χ4n) is 2.44. The molecule has 3 heteroatoms. The minimum absolute atomic E-state index is 0.510. The van der Waals surface area contributed by atoms with Crippen LogP contribution in [0.15, 0.2) is 12.1 Å². The van der Waals surface area contributed by atoms with Gasteiger partial charge in [-0.2, -0.15) is 0 Å². The number of hydrogen-bond acceptors (Lipinski definition) is 3. The van der Waals surface area contributed by atoms with Crippen molar-refractivity contribution in [3.05, 3.63) is 23.4 Å². The van der Waals surface area contributed by atoms with Gasteiger partial charge in [0.25, 0.3) is 0 Å². The van der Waals surface area contributed by atoms with Crippen LogP contribution < -0.4 is 10.2 Å². The van der Waals surface area contributed by atoms with Crippen molar-refractivity contribution in [1.82, 2.24) is 10.3 Å². The summed E-state index contributed by atoms with van der Waals surface area (Å²) < 4.78 is 0. The van der Waals surface area contributed by atoms with E-state index in [1.54, 1.807) is 0 Å². The number of anilines is 1. The Bertz CT molecular complexity index is 436. The molecule has 0 aromatic carbocycles. The Kier molecular flexibility index (Phi) is 5.03. The van der Waals surface area contributed by atoms with Crippen molar-refractivity contribution < 1.29 is 0 Å². The molecule has 0 saturated heterocycles. The van der Waals surface area contributed by atoms with Crippen molar-refractivity contribution in [2.24, 2.45) is 5.92 Å². The van der Waals surface area contributed by atoms with E-state index in [4.69, 9.17) is 4.98 Å². The normalized spacial score (nSPS) is 15.2. The molecule has 1 aliphatic carbocycles. The first-order chi connectivity index (χ1) is 9.45. The summed E-state index contributed by atoms with van der Waals surface area (Å²) in [7, 11) is 0. The summed E-state index contributed by atoms with van der Waals surface area (Å²) in [6.45, 7) is 13.1. The van der Waals surface area contributed by atoms with Crippen LogP contribution in [0.3, 0.4) is 0 Å². The third-order valence-electron chi connectivity index (χ3n) is 3.78. The van der Waals surface area contributed by atoms with Gasteiger partial charge >= 0.3 is 0 Å². The van der Waals surface area contributed by atoms with E-state index in [2.05, 4.69) is 57.0 Å². The number of rotatable bonds is 7. The average molecular weight is 275 g/mol. The maximum atomic E-state index is 4.76. The lowest BCUT2D eigenvalue weighted by molar-refractivity contribution is 0.587. The molecule has 1 fully saturated rings. The van der Waals surface area contributed by atoms with E-state index in [1.165, 1.54) is 18.4 Å². The van der Waals surface area contributed by atoms with Gasteiger partial charge in [-0.3, -0.25) is 0 Å². The van der Waals surface area contributed by atoms with Crippen LogP contribution in [0.4, 0.5) is 5.82 Å². The van der Waals surface area contributed by atoms with Crippen LogP contribution in [-0.4, -0.2) is 23.6 Å². The van der Waals surface area contributed by atoms with Crippen molar-refractivity contribution in [2.75, 3.05) is 11.4 Å². The molecule has 1 N–H and O–H groups in total. The Morgan fingerprint density at radius 2 is 1.95 bits per heavy atom. The fourth-order valence-corrected chi connectivity index (χ4v) is 2.44. The summed E-state index contributed by atoms with van der Waals surface area (Å²) in [5.74, 6) is 2.03. The molecule has 1 saturated carbocycles. The van der Waals surface area contributed by atoms with Crippen LogP contribution >= 0.6 is 0 Å². The average Bonchev–Trinajstić information content (AvgIpc) is 3.16. The molecular formula is C17H29N3. The molecule has 0 spiro atoms. The third kappa shape index (κ3) is 4.48. The van der Waals surface area contributed by atoms with Crippen LogP contribution in [-0.2, 0) is 6.54 Å².